The van der Waals surface area contributed by atoms with Crippen molar-refractivity contribution in [1.29, 1.82) is 0 Å². The Kier molecular flexibility index (Phi) is 25.2. The number of alkyl halides is 6. The molecule has 0 saturated heterocycles. The first-order valence-corrected chi connectivity index (χ1v) is 47.8. The van der Waals surface area contributed by atoms with Gasteiger partial charge in [-0.2, -0.15) is 26.3 Å². The van der Waals surface area contributed by atoms with E-state index in [2.05, 4.69) is 57.1 Å². The first-order chi connectivity index (χ1) is 68.3. The fourth-order valence-corrected chi connectivity index (χ4v) is 21.5. The zero-order chi connectivity index (χ0) is 98.6. The van der Waals surface area contributed by atoms with E-state index in [1.807, 2.05) is 104 Å². The van der Waals surface area contributed by atoms with Crippen molar-refractivity contribution in [2.45, 2.75) is 170 Å². The molecule has 24 nitrogen and oxygen atoms in total. The summed E-state index contributed by atoms with van der Waals surface area (Å²) >= 11 is 15.7. The lowest BCUT2D eigenvalue weighted by Gasteiger charge is -2.19. The van der Waals surface area contributed by atoms with E-state index in [4.69, 9.17) is 61.1 Å². The van der Waals surface area contributed by atoms with Crippen molar-refractivity contribution >= 4 is 109 Å². The fourth-order valence-electron chi connectivity index (χ4n) is 20.5. The van der Waals surface area contributed by atoms with E-state index in [1.54, 1.807) is 61.2 Å². The van der Waals surface area contributed by atoms with Gasteiger partial charge < -0.3 is 59.2 Å². The van der Waals surface area contributed by atoms with Crippen LogP contribution in [-0.2, 0) is 102 Å². The molecule has 12 heterocycles. The van der Waals surface area contributed by atoms with Crippen molar-refractivity contribution in [1.82, 2.24) is 19.9 Å². The number of amides is 4. The number of carbonyl (C=O) groups is 8. The molecule has 8 aromatic carbocycles. The Morgan fingerprint density at radius 2 is 0.746 bits per heavy atom. The van der Waals surface area contributed by atoms with Crippen LogP contribution in [0.3, 0.4) is 0 Å². The van der Waals surface area contributed by atoms with Gasteiger partial charge in [0.2, 0.25) is 23.6 Å². The lowest BCUT2D eigenvalue weighted by atomic mass is 9.99. The number of pyridine rings is 4. The standard InChI is InChI=1S/C27H23ClN2O4.2C27H20F4N2O4.C26H20BrClN2O4/c1-14-10-16(28)3-2-15(14)11-17(31)12-21-25-20-13-18(4-6-22(20)34-26(21)25)33-23-8-9-29-27-19(23)5-7-24(32)30-27;28-15-8-13(7-14(10-15)27(29,30)31)9-16(34)11-20-24-19-12-17(1-3-21(19)37-25(20)24)36-22-5-6-32-26-18(22)2-4-23(35)33-26;28-24-13(2-1-3-19(24)27(29,30)31)10-14(34)11-18-23-17-12-15(4-6-20(17)37-25(18)23)36-21-8-9-32-26-16(21)5-7-22(35)33-26;27-14-2-1-13(20(28)10-14)9-15(31)11-19-24-18-12-16(3-5-21(18)34-25(19)24)33-22-7-8-29-26-17(22)4-6-23(32)30-26/h2-4,6,8-10,13,21,25-26H,5,7,11-12H2,1H3,(H,29,30,32);1,3,5-8,10,12,20,24-25H,2,4,9,11H2,(H,32,33,35);1-4,6,8-9,12,18,23,25H,5,7,10-11H2,(H,32,33,35);1-3,5,7-8,10,12,19,24-25H,4,6,9,11H2,(H,29,30,32)/t21-,25-,26+;20-,24-,25+;18-,23-,25+;19-,24-,25+/m0000/s1. The number of nitrogens with one attached hydrogen (secondary N) is 4. The van der Waals surface area contributed by atoms with E-state index < -0.39 is 41.5 Å². The van der Waals surface area contributed by atoms with Crippen LogP contribution in [0.15, 0.2) is 199 Å². The van der Waals surface area contributed by atoms with Gasteiger partial charge in [-0.1, -0.05) is 63.4 Å². The molecule has 724 valence electrons. The molecule has 4 fully saturated rings. The number of hydrogen-bond donors (Lipinski definition) is 4. The average Bonchev–Trinajstić information content (AvgIpc) is 1.57. The molecule has 0 radical (unpaired) electrons. The Morgan fingerprint density at radius 1 is 0.394 bits per heavy atom. The van der Waals surface area contributed by atoms with E-state index in [0.29, 0.717) is 180 Å². The third-order valence-corrected chi connectivity index (χ3v) is 28.7. The fraction of sp³-hybridized carbons (Fsp3) is 0.290. The number of nitrogens with zero attached hydrogens (tertiary/aromatic N) is 4. The normalized spacial score (nSPS) is 21.4. The number of ether oxygens (including phenoxy) is 8. The smallest absolute Gasteiger partial charge is 0.419 e. The minimum absolute atomic E-state index is 0.00277. The predicted molar refractivity (Wildman–Crippen MR) is 505 cm³/mol. The number of benzene rings is 8. The maximum Gasteiger partial charge on any atom is 0.419 e. The third-order valence-electron chi connectivity index (χ3n) is 27.6. The van der Waals surface area contributed by atoms with E-state index in [1.165, 1.54) is 6.07 Å². The average molecular weight is 2040 g/mol. The van der Waals surface area contributed by atoms with Crippen LogP contribution >= 0.6 is 39.1 Å². The van der Waals surface area contributed by atoms with Crippen molar-refractivity contribution in [3.63, 3.8) is 0 Å². The number of aryl methyl sites for hydroxylation is 1. The first-order valence-electron chi connectivity index (χ1n) is 46.3. The van der Waals surface area contributed by atoms with Crippen LogP contribution in [-0.4, -0.2) is 91.1 Å². The first kappa shape index (κ1) is 94.1. The second kappa shape index (κ2) is 38.0. The number of halogens is 11. The number of aromatic nitrogens is 4. The highest BCUT2D eigenvalue weighted by molar-refractivity contribution is 9.10. The monoisotopic (exact) mass is 2040 g/mol. The molecule has 4 aliphatic carbocycles. The molecule has 12 aromatic rings. The summed E-state index contributed by atoms with van der Waals surface area (Å²) in [6.07, 6.45) is 1.54. The van der Waals surface area contributed by atoms with Crippen LogP contribution in [0.4, 0.5) is 58.4 Å². The van der Waals surface area contributed by atoms with Gasteiger partial charge >= 0.3 is 12.4 Å². The molecule has 4 saturated carbocycles. The molecule has 12 atom stereocenters. The van der Waals surface area contributed by atoms with E-state index in [0.717, 1.165) is 95.4 Å². The second-order valence-corrected chi connectivity index (χ2v) is 38.9. The Labute approximate surface area is 823 Å². The molecular formula is C107H83BrCl2F8N8O16. The van der Waals surface area contributed by atoms with Gasteiger partial charge in [0.25, 0.3) is 0 Å². The van der Waals surface area contributed by atoms with Crippen molar-refractivity contribution in [3.05, 3.63) is 304 Å². The number of ketones is 4. The van der Waals surface area contributed by atoms with Crippen LogP contribution in [0.5, 0.6) is 69.0 Å². The molecule has 8 aliphatic heterocycles. The number of rotatable bonds is 24. The van der Waals surface area contributed by atoms with Crippen molar-refractivity contribution < 1.29 is 111 Å². The Hall–Kier alpha value is -14.2. The van der Waals surface area contributed by atoms with E-state index in [-0.39, 0.29) is 149 Å². The SMILES string of the molecule is Cc1cc(Cl)ccc1CC(=O)C[C@@H]1[C@H]2Oc3ccc(Oc4ccnc5c4CCC(=O)N5)cc3[C@@H]12.O=C(Cc1cc(F)cc(C(F)(F)F)c1)C[C@@H]1[C@H]2Oc3ccc(Oc4ccnc5c4CCC(=O)N5)cc3[C@@H]12.O=C(Cc1ccc(Br)cc1Cl)C[C@@H]1[C@H]2Oc3ccc(Oc4ccnc5c4CCC(=O)N5)cc3[C@@H]12.O=C(Cc1cccc(C(F)(F)F)c1F)C[C@@H]1[C@H]2Oc3ccc(Oc4ccnc5c4CCC(=O)N5)cc3[C@@H]12. The number of Topliss-reactive ketones (excluding diaryl/α,β-unsaturated/α-hetero) is 4. The zero-order valence-corrected chi connectivity index (χ0v) is 78.3. The van der Waals surface area contributed by atoms with E-state index >= 15 is 0 Å². The molecule has 12 aliphatic rings. The predicted octanol–water partition coefficient (Wildman–Crippen LogP) is 22.4. The summed E-state index contributed by atoms with van der Waals surface area (Å²) in [5, 5.41) is 12.4. The maximum atomic E-state index is 14.3. The number of fused-ring (bicyclic) bond motifs is 16. The Morgan fingerprint density at radius 3 is 1.10 bits per heavy atom. The van der Waals surface area contributed by atoms with Gasteiger partial charge in [-0.3, -0.25) is 38.4 Å². The molecule has 4 aromatic heterocycles. The summed E-state index contributed by atoms with van der Waals surface area (Å²) in [6.45, 7) is 1.98. The van der Waals surface area contributed by atoms with Gasteiger partial charge in [0.15, 0.2) is 0 Å². The lowest BCUT2D eigenvalue weighted by Crippen LogP contribution is -2.20. The highest BCUT2D eigenvalue weighted by atomic mass is 79.9. The van der Waals surface area contributed by atoms with Crippen LogP contribution in [0, 0.1) is 42.2 Å². The maximum absolute atomic E-state index is 14.3. The molecule has 0 unspecified atom stereocenters. The summed E-state index contributed by atoms with van der Waals surface area (Å²) < 4.78 is 155. The molecule has 0 spiro atoms. The van der Waals surface area contributed by atoms with Gasteiger partial charge in [-0.25, -0.2) is 28.7 Å². The van der Waals surface area contributed by atoms with Crippen LogP contribution in [0.2, 0.25) is 10.0 Å². The van der Waals surface area contributed by atoms with Crippen LogP contribution in [0.25, 0.3) is 0 Å². The van der Waals surface area contributed by atoms with Crippen molar-refractivity contribution in [3.8, 4) is 69.0 Å². The second-order valence-electron chi connectivity index (χ2n) is 37.1. The van der Waals surface area contributed by atoms with Gasteiger partial charge in [0.05, 0.1) is 11.1 Å². The van der Waals surface area contributed by atoms with Gasteiger partial charge in [0, 0.05) is 208 Å². The summed E-state index contributed by atoms with van der Waals surface area (Å²) in [5.41, 5.74) is 7.57. The van der Waals surface area contributed by atoms with Gasteiger partial charge in [-0.15, -0.1) is 0 Å². The van der Waals surface area contributed by atoms with Gasteiger partial charge in [-0.05, 0) is 206 Å². The number of hydrogen-bond acceptors (Lipinski definition) is 20. The van der Waals surface area contributed by atoms with Gasteiger partial charge in [0.1, 0.15) is 151 Å². The summed E-state index contributed by atoms with van der Waals surface area (Å²) in [4.78, 5) is 114. The molecule has 4 amide bonds. The Bertz CT molecular complexity index is 7050. The number of anilines is 4. The molecule has 0 bridgehead atoms. The van der Waals surface area contributed by atoms with Crippen molar-refractivity contribution in [2.75, 3.05) is 21.3 Å². The summed E-state index contributed by atoms with van der Waals surface area (Å²) in [6, 6.07) is 46.0. The quantitative estimate of drug-likeness (QED) is 0.0408. The van der Waals surface area contributed by atoms with Crippen LogP contribution < -0.4 is 59.2 Å². The van der Waals surface area contributed by atoms with Crippen LogP contribution in [0.1, 0.15) is 158 Å². The molecule has 4 N–H and O–H groups in total. The lowest BCUT2D eigenvalue weighted by molar-refractivity contribution is -0.140. The molecular weight excluding hydrogens is 1960 g/mol. The van der Waals surface area contributed by atoms with Crippen molar-refractivity contribution in [2.24, 2.45) is 23.7 Å². The zero-order valence-electron chi connectivity index (χ0n) is 75.2. The molecule has 142 heavy (non-hydrogen) atoms. The third kappa shape index (κ3) is 19.9. The minimum Gasteiger partial charge on any atom is -0.489 e. The van der Waals surface area contributed by atoms with E-state index in [9.17, 15) is 73.5 Å². The molecule has 35 heteroatoms. The largest absolute Gasteiger partial charge is 0.489 e. The summed E-state index contributed by atoms with van der Waals surface area (Å²) in [7, 11) is 0. The molecule has 24 rings (SSSR count). The Balaban J connectivity index is 0.000000112. The summed E-state index contributed by atoms with van der Waals surface area (Å²) in [5.74, 6) is 7.90. The topological polar surface area (TPSA) is 310 Å². The number of carbonyl (C=O) groups excluding carboxylic acids is 8. The highest BCUT2D eigenvalue weighted by Crippen LogP contribution is 2.65. The highest BCUT2D eigenvalue weighted by Gasteiger charge is 2.62. The minimum atomic E-state index is -4.82.